The van der Waals surface area contributed by atoms with Crippen molar-refractivity contribution >= 4 is 11.8 Å². The number of hydrogen-bond acceptors (Lipinski definition) is 5. The van der Waals surface area contributed by atoms with Gasteiger partial charge >= 0.3 is 5.91 Å². The summed E-state index contributed by atoms with van der Waals surface area (Å²) in [5.41, 5.74) is 9.31. The fourth-order valence-electron chi connectivity index (χ4n) is 3.84. The molecule has 0 unspecified atom stereocenters. The average molecular weight is 478 g/mol. The predicted octanol–water partition coefficient (Wildman–Crippen LogP) is 3.81. The molecule has 2 amide bonds. The van der Waals surface area contributed by atoms with Crippen molar-refractivity contribution in [1.29, 1.82) is 0 Å². The number of nitrogens with zero attached hydrogens (tertiary/aromatic N) is 5. The van der Waals surface area contributed by atoms with Gasteiger partial charge in [-0.1, -0.05) is 66.7 Å². The van der Waals surface area contributed by atoms with Gasteiger partial charge in [0.25, 0.3) is 5.91 Å². The van der Waals surface area contributed by atoms with Gasteiger partial charge in [0.05, 0.1) is 28.8 Å². The van der Waals surface area contributed by atoms with E-state index in [4.69, 9.17) is 0 Å². The van der Waals surface area contributed by atoms with E-state index < -0.39 is 11.8 Å². The lowest BCUT2D eigenvalue weighted by molar-refractivity contribution is 0.0840. The molecule has 0 atom stereocenters. The third-order valence-corrected chi connectivity index (χ3v) is 5.73. The van der Waals surface area contributed by atoms with E-state index in [9.17, 15) is 9.59 Å². The van der Waals surface area contributed by atoms with E-state index >= 15 is 0 Å². The molecule has 0 aliphatic carbocycles. The summed E-state index contributed by atoms with van der Waals surface area (Å²) in [7, 11) is 0. The van der Waals surface area contributed by atoms with E-state index in [1.807, 2.05) is 91.9 Å². The molecule has 0 fully saturated rings. The summed E-state index contributed by atoms with van der Waals surface area (Å²) in [6.45, 7) is 3.77. The van der Waals surface area contributed by atoms with Crippen LogP contribution in [0.5, 0.6) is 0 Å². The normalized spacial score (nSPS) is 10.7. The molecule has 178 valence electrons. The van der Waals surface area contributed by atoms with Crippen LogP contribution in [-0.2, 0) is 0 Å². The summed E-state index contributed by atoms with van der Waals surface area (Å²) in [6, 6.07) is 26.6. The molecule has 2 N–H and O–H groups in total. The van der Waals surface area contributed by atoms with Crippen LogP contribution in [0, 0.1) is 13.8 Å². The number of nitrogens with one attached hydrogen (secondary N) is 2. The largest absolute Gasteiger partial charge is 0.309 e. The summed E-state index contributed by atoms with van der Waals surface area (Å²) in [5, 5.41) is 8.75. The maximum Gasteiger partial charge on any atom is 0.309 e. The molecule has 2 aromatic heterocycles. The van der Waals surface area contributed by atoms with Crippen molar-refractivity contribution in [3.05, 3.63) is 114 Å². The predicted molar refractivity (Wildman–Crippen MR) is 135 cm³/mol. The number of para-hydroxylation sites is 2. The van der Waals surface area contributed by atoms with Crippen molar-refractivity contribution in [1.82, 2.24) is 35.4 Å². The monoisotopic (exact) mass is 477 g/mol. The van der Waals surface area contributed by atoms with Gasteiger partial charge in [-0.05, 0) is 37.6 Å². The van der Waals surface area contributed by atoms with E-state index in [0.29, 0.717) is 17.1 Å². The lowest BCUT2D eigenvalue weighted by Gasteiger charge is -2.09. The Bertz CT molecular complexity index is 1480. The molecule has 0 aliphatic heterocycles. The van der Waals surface area contributed by atoms with E-state index in [0.717, 1.165) is 22.5 Å². The number of carbonyl (C=O) groups excluding carboxylic acids is 2. The zero-order valence-corrected chi connectivity index (χ0v) is 19.7. The Hall–Kier alpha value is -5.05. The molecule has 0 spiro atoms. The van der Waals surface area contributed by atoms with Crippen LogP contribution >= 0.6 is 0 Å². The number of benzene rings is 3. The average Bonchev–Trinajstić information content (AvgIpc) is 3.53. The molecule has 5 aromatic rings. The number of rotatable bonds is 5. The number of amides is 2. The van der Waals surface area contributed by atoms with Crippen LogP contribution in [0.3, 0.4) is 0 Å². The van der Waals surface area contributed by atoms with Gasteiger partial charge in [0.15, 0.2) is 5.82 Å². The number of aryl methyl sites for hydroxylation is 1. The molecular formula is C27H23N7O2. The SMILES string of the molecule is Cc1ccccc1-n1ncc(C(=O)NNC(=O)c2nc(-c3ccccc3)n(-c3ccccc3)n2)c1C. The molecule has 0 radical (unpaired) electrons. The lowest BCUT2D eigenvalue weighted by atomic mass is 10.2. The minimum absolute atomic E-state index is 0.0784. The number of hydrazine groups is 1. The van der Waals surface area contributed by atoms with Crippen molar-refractivity contribution in [3.63, 3.8) is 0 Å². The highest BCUT2D eigenvalue weighted by Gasteiger charge is 2.21. The summed E-state index contributed by atoms with van der Waals surface area (Å²) < 4.78 is 3.30. The maximum absolute atomic E-state index is 12.9. The second kappa shape index (κ2) is 9.67. The van der Waals surface area contributed by atoms with Crippen LogP contribution in [-0.4, -0.2) is 36.4 Å². The quantitative estimate of drug-likeness (QED) is 0.375. The van der Waals surface area contributed by atoms with Gasteiger partial charge in [-0.25, -0.2) is 14.3 Å². The fraction of sp³-hybridized carbons (Fsp3) is 0.0741. The third kappa shape index (κ3) is 4.37. The van der Waals surface area contributed by atoms with Crippen molar-refractivity contribution in [3.8, 4) is 22.8 Å². The van der Waals surface area contributed by atoms with Gasteiger partial charge in [-0.15, -0.1) is 5.10 Å². The highest BCUT2D eigenvalue weighted by Crippen LogP contribution is 2.21. The van der Waals surface area contributed by atoms with Gasteiger partial charge in [0, 0.05) is 5.56 Å². The Morgan fingerprint density at radius 1 is 0.750 bits per heavy atom. The highest BCUT2D eigenvalue weighted by atomic mass is 16.2. The Morgan fingerprint density at radius 2 is 1.39 bits per heavy atom. The number of hydrogen-bond donors (Lipinski definition) is 2. The van der Waals surface area contributed by atoms with Crippen molar-refractivity contribution in [2.24, 2.45) is 0 Å². The lowest BCUT2D eigenvalue weighted by Crippen LogP contribution is -2.42. The molecule has 9 heteroatoms. The molecule has 0 aliphatic rings. The van der Waals surface area contributed by atoms with Crippen molar-refractivity contribution < 1.29 is 9.59 Å². The minimum Gasteiger partial charge on any atom is -0.267 e. The Labute approximate surface area is 207 Å². The van der Waals surface area contributed by atoms with Gasteiger partial charge in [0.1, 0.15) is 0 Å². The first kappa shape index (κ1) is 22.7. The third-order valence-electron chi connectivity index (χ3n) is 5.73. The van der Waals surface area contributed by atoms with Gasteiger partial charge in [0.2, 0.25) is 5.82 Å². The maximum atomic E-state index is 12.9. The summed E-state index contributed by atoms with van der Waals surface area (Å²) in [5.74, 6) is -0.704. The second-order valence-corrected chi connectivity index (χ2v) is 8.12. The van der Waals surface area contributed by atoms with E-state index in [2.05, 4.69) is 26.0 Å². The van der Waals surface area contributed by atoms with Crippen LogP contribution in [0.15, 0.2) is 91.1 Å². The standard InChI is InChI=1S/C27H23N7O2/c1-18-11-9-10-16-23(18)33-19(2)22(17-28-33)26(35)30-31-27(36)24-29-25(20-12-5-3-6-13-20)34(32-24)21-14-7-4-8-15-21/h3-17H,1-2H3,(H,30,35)(H,31,36). The van der Waals surface area contributed by atoms with E-state index in [1.54, 1.807) is 16.3 Å². The van der Waals surface area contributed by atoms with Crippen LogP contribution < -0.4 is 10.9 Å². The van der Waals surface area contributed by atoms with Gasteiger partial charge in [-0.3, -0.25) is 20.4 Å². The molecule has 3 aromatic carbocycles. The topological polar surface area (TPSA) is 107 Å². The fourth-order valence-corrected chi connectivity index (χ4v) is 3.84. The highest BCUT2D eigenvalue weighted by molar-refractivity contribution is 5.98. The second-order valence-electron chi connectivity index (χ2n) is 8.12. The molecule has 36 heavy (non-hydrogen) atoms. The minimum atomic E-state index is -0.640. The van der Waals surface area contributed by atoms with Gasteiger partial charge in [-0.2, -0.15) is 5.10 Å². The summed E-state index contributed by atoms with van der Waals surface area (Å²) >= 11 is 0. The molecule has 0 saturated heterocycles. The Morgan fingerprint density at radius 3 is 2.11 bits per heavy atom. The molecule has 5 rings (SSSR count). The summed E-state index contributed by atoms with van der Waals surface area (Å²) in [6.07, 6.45) is 1.47. The van der Waals surface area contributed by atoms with Crippen LogP contribution in [0.4, 0.5) is 0 Å². The van der Waals surface area contributed by atoms with Crippen LogP contribution in [0.25, 0.3) is 22.8 Å². The van der Waals surface area contributed by atoms with Gasteiger partial charge < -0.3 is 0 Å². The molecule has 0 bridgehead atoms. The van der Waals surface area contributed by atoms with E-state index in [1.165, 1.54) is 6.20 Å². The summed E-state index contributed by atoms with van der Waals surface area (Å²) in [4.78, 5) is 30.2. The molecular weight excluding hydrogens is 454 g/mol. The first-order valence-electron chi connectivity index (χ1n) is 11.3. The molecule has 2 heterocycles. The zero-order valence-electron chi connectivity index (χ0n) is 19.7. The molecule has 9 nitrogen and oxygen atoms in total. The zero-order chi connectivity index (χ0) is 25.1. The van der Waals surface area contributed by atoms with Crippen LogP contribution in [0.1, 0.15) is 32.2 Å². The van der Waals surface area contributed by atoms with Crippen molar-refractivity contribution in [2.75, 3.05) is 0 Å². The van der Waals surface area contributed by atoms with Crippen molar-refractivity contribution in [2.45, 2.75) is 13.8 Å². The number of aromatic nitrogens is 5. The Balaban J connectivity index is 1.36. The van der Waals surface area contributed by atoms with E-state index in [-0.39, 0.29) is 5.82 Å². The van der Waals surface area contributed by atoms with Crippen LogP contribution in [0.2, 0.25) is 0 Å². The Kier molecular flexibility index (Phi) is 6.10. The molecule has 0 saturated carbocycles. The number of carbonyl (C=O) groups is 2. The first-order chi connectivity index (χ1) is 17.5. The smallest absolute Gasteiger partial charge is 0.267 e. The first-order valence-corrected chi connectivity index (χ1v) is 11.3.